The van der Waals surface area contributed by atoms with Crippen LogP contribution in [0, 0.1) is 5.92 Å². The van der Waals surface area contributed by atoms with Gasteiger partial charge in [-0.1, -0.05) is 0 Å². The van der Waals surface area contributed by atoms with Crippen molar-refractivity contribution in [3.05, 3.63) is 38.7 Å². The zero-order chi connectivity index (χ0) is 16.4. The molecule has 8 heteroatoms. The lowest BCUT2D eigenvalue weighted by Gasteiger charge is -2.10. The summed E-state index contributed by atoms with van der Waals surface area (Å²) in [6.07, 6.45) is 2.31. The van der Waals surface area contributed by atoms with Crippen molar-refractivity contribution in [1.29, 1.82) is 0 Å². The van der Waals surface area contributed by atoms with Crippen molar-refractivity contribution in [1.82, 2.24) is 19.9 Å². The summed E-state index contributed by atoms with van der Waals surface area (Å²) in [6, 6.07) is 1.47. The molecule has 3 heterocycles. The molecule has 1 aliphatic rings. The molecule has 23 heavy (non-hydrogen) atoms. The van der Waals surface area contributed by atoms with Crippen molar-refractivity contribution in [3.8, 4) is 0 Å². The smallest absolute Gasteiger partial charge is 0.329 e. The van der Waals surface area contributed by atoms with Crippen LogP contribution in [0.2, 0.25) is 0 Å². The summed E-state index contributed by atoms with van der Waals surface area (Å²) in [5.74, 6) is 0.0287. The van der Waals surface area contributed by atoms with Crippen molar-refractivity contribution < 1.29 is 9.53 Å². The lowest BCUT2D eigenvalue weighted by Crippen LogP contribution is -2.32. The number of hydrogen-bond acceptors (Lipinski definition) is 5. The van der Waals surface area contributed by atoms with Gasteiger partial charge in [-0.15, -0.1) is 0 Å². The molecule has 0 aliphatic carbocycles. The van der Waals surface area contributed by atoms with Crippen LogP contribution in [-0.2, 0) is 11.3 Å². The zero-order valence-corrected chi connectivity index (χ0v) is 12.8. The van der Waals surface area contributed by atoms with Crippen LogP contribution in [0.1, 0.15) is 23.7 Å². The minimum absolute atomic E-state index is 0.225. The monoisotopic (exact) mass is 318 g/mol. The highest BCUT2D eigenvalue weighted by Crippen LogP contribution is 2.12. The van der Waals surface area contributed by atoms with E-state index >= 15 is 0 Å². The van der Waals surface area contributed by atoms with Crippen molar-refractivity contribution in [3.63, 3.8) is 0 Å². The quantitative estimate of drug-likeness (QED) is 0.817. The van der Waals surface area contributed by atoms with E-state index in [1.165, 1.54) is 16.8 Å². The van der Waals surface area contributed by atoms with E-state index in [0.717, 1.165) is 13.0 Å². The number of amides is 1. The predicted molar refractivity (Wildman–Crippen MR) is 83.6 cm³/mol. The molecule has 2 N–H and O–H groups in total. The molecule has 0 aromatic carbocycles. The zero-order valence-electron chi connectivity index (χ0n) is 12.8. The number of rotatable bonds is 4. The van der Waals surface area contributed by atoms with Gasteiger partial charge < -0.3 is 10.1 Å². The molecule has 0 saturated carbocycles. The summed E-state index contributed by atoms with van der Waals surface area (Å²) in [4.78, 5) is 42.3. The molecule has 2 aromatic heterocycles. The molecule has 1 aliphatic heterocycles. The highest BCUT2D eigenvalue weighted by atomic mass is 16.5. The van der Waals surface area contributed by atoms with Gasteiger partial charge in [0.15, 0.2) is 0 Å². The lowest BCUT2D eigenvalue weighted by molar-refractivity contribution is 0.0945. The molecule has 122 valence electrons. The summed E-state index contributed by atoms with van der Waals surface area (Å²) in [5, 5.41) is 3.05. The van der Waals surface area contributed by atoms with Gasteiger partial charge in [-0.05, 0) is 19.4 Å². The second-order valence-electron chi connectivity index (χ2n) is 5.54. The Hall–Kier alpha value is -2.48. The topological polar surface area (TPSA) is 106 Å². The first kappa shape index (κ1) is 15.4. The van der Waals surface area contributed by atoms with E-state index in [1.807, 2.05) is 0 Å². The second-order valence-corrected chi connectivity index (χ2v) is 5.54. The van der Waals surface area contributed by atoms with Gasteiger partial charge in [-0.2, -0.15) is 0 Å². The summed E-state index contributed by atoms with van der Waals surface area (Å²) >= 11 is 0. The fourth-order valence-corrected chi connectivity index (χ4v) is 2.67. The summed E-state index contributed by atoms with van der Waals surface area (Å²) in [6.45, 7) is 4.07. The number of nitrogens with one attached hydrogen (secondary N) is 2. The minimum Gasteiger partial charge on any atom is -0.381 e. The number of aromatic nitrogens is 3. The third kappa shape index (κ3) is 3.02. The molecule has 0 bridgehead atoms. The molecule has 0 spiro atoms. The first-order chi connectivity index (χ1) is 11.1. The Labute approximate surface area is 131 Å². The average Bonchev–Trinajstić information content (AvgIpc) is 3.06. The maximum atomic E-state index is 12.2. The number of carbonyl (C=O) groups excluding carboxylic acids is 1. The molecule has 1 atom stereocenters. The molecule has 8 nitrogen and oxygen atoms in total. The van der Waals surface area contributed by atoms with Crippen LogP contribution in [0.15, 0.2) is 21.9 Å². The molecular weight excluding hydrogens is 300 g/mol. The van der Waals surface area contributed by atoms with E-state index in [4.69, 9.17) is 4.74 Å². The Bertz CT molecular complexity index is 849. The van der Waals surface area contributed by atoms with E-state index in [1.54, 1.807) is 6.92 Å². The predicted octanol–water partition coefficient (Wildman–Crippen LogP) is -0.129. The number of aromatic amines is 1. The van der Waals surface area contributed by atoms with E-state index < -0.39 is 11.2 Å². The lowest BCUT2D eigenvalue weighted by atomic mass is 10.1. The van der Waals surface area contributed by atoms with Crippen molar-refractivity contribution in [2.45, 2.75) is 19.9 Å². The maximum Gasteiger partial charge on any atom is 0.329 e. The first-order valence-electron chi connectivity index (χ1n) is 7.59. The Morgan fingerprint density at radius 1 is 1.52 bits per heavy atom. The van der Waals surface area contributed by atoms with Crippen molar-refractivity contribution >= 4 is 16.9 Å². The highest BCUT2D eigenvalue weighted by molar-refractivity contribution is 5.96. The number of carbonyl (C=O) groups is 1. The number of fused-ring (bicyclic) bond motifs is 1. The number of H-pyrrole nitrogens is 1. The fourth-order valence-electron chi connectivity index (χ4n) is 2.67. The van der Waals surface area contributed by atoms with Crippen LogP contribution in [0.4, 0.5) is 0 Å². The second kappa shape index (κ2) is 6.33. The van der Waals surface area contributed by atoms with Gasteiger partial charge >= 0.3 is 5.69 Å². The molecule has 0 radical (unpaired) electrons. The average molecular weight is 318 g/mol. The molecule has 1 fully saturated rings. The number of aryl methyl sites for hydroxylation is 1. The minimum atomic E-state index is -0.541. The fraction of sp³-hybridized carbons (Fsp3) is 0.467. The van der Waals surface area contributed by atoms with Crippen LogP contribution in [0.25, 0.3) is 11.0 Å². The standard InChI is InChI=1S/C15H18N4O4/c1-2-19-12-11(14(21)18-15(19)22)5-10(7-16-12)13(20)17-6-9-3-4-23-8-9/h5,7,9H,2-4,6,8H2,1H3,(H,17,20)(H,18,21,22). The van der Waals surface area contributed by atoms with Crippen LogP contribution in [0.5, 0.6) is 0 Å². The first-order valence-corrected chi connectivity index (χ1v) is 7.59. The Morgan fingerprint density at radius 3 is 3.04 bits per heavy atom. The third-order valence-corrected chi connectivity index (χ3v) is 3.99. The molecule has 2 aromatic rings. The maximum absolute atomic E-state index is 12.2. The van der Waals surface area contributed by atoms with Gasteiger partial charge in [0.25, 0.3) is 11.5 Å². The number of pyridine rings is 1. The molecule has 1 unspecified atom stereocenters. The van der Waals surface area contributed by atoms with Crippen LogP contribution < -0.4 is 16.6 Å². The summed E-state index contributed by atoms with van der Waals surface area (Å²) in [5.41, 5.74) is -0.470. The summed E-state index contributed by atoms with van der Waals surface area (Å²) < 4.78 is 6.62. The molecular formula is C15H18N4O4. The van der Waals surface area contributed by atoms with Crippen LogP contribution in [0.3, 0.4) is 0 Å². The molecule has 1 saturated heterocycles. The van der Waals surface area contributed by atoms with E-state index in [9.17, 15) is 14.4 Å². The van der Waals surface area contributed by atoms with E-state index in [2.05, 4.69) is 15.3 Å². The third-order valence-electron chi connectivity index (χ3n) is 3.99. The van der Waals surface area contributed by atoms with E-state index in [0.29, 0.717) is 31.2 Å². The Balaban J connectivity index is 1.89. The van der Waals surface area contributed by atoms with Crippen molar-refractivity contribution in [2.75, 3.05) is 19.8 Å². The largest absolute Gasteiger partial charge is 0.381 e. The molecule has 3 rings (SSSR count). The SMILES string of the molecule is CCn1c(=O)[nH]c(=O)c2cc(C(=O)NCC3CCOC3)cnc21. The number of nitrogens with zero attached hydrogens (tertiary/aromatic N) is 2. The van der Waals surface area contributed by atoms with Gasteiger partial charge in [0.1, 0.15) is 5.65 Å². The van der Waals surface area contributed by atoms with Crippen LogP contribution in [-0.4, -0.2) is 40.2 Å². The normalized spacial score (nSPS) is 17.5. The van der Waals surface area contributed by atoms with Gasteiger partial charge in [-0.25, -0.2) is 9.78 Å². The number of ether oxygens (including phenoxy) is 1. The summed E-state index contributed by atoms with van der Waals surface area (Å²) in [7, 11) is 0. The molecule has 1 amide bonds. The highest BCUT2D eigenvalue weighted by Gasteiger charge is 2.17. The van der Waals surface area contributed by atoms with Gasteiger partial charge in [0, 0.05) is 31.8 Å². The Kier molecular flexibility index (Phi) is 4.24. The van der Waals surface area contributed by atoms with Gasteiger partial charge in [-0.3, -0.25) is 19.1 Å². The number of hydrogen-bond donors (Lipinski definition) is 2. The van der Waals surface area contributed by atoms with Crippen molar-refractivity contribution in [2.24, 2.45) is 5.92 Å². The Morgan fingerprint density at radius 2 is 2.35 bits per heavy atom. The van der Waals surface area contributed by atoms with E-state index in [-0.39, 0.29) is 16.9 Å². The van der Waals surface area contributed by atoms with Gasteiger partial charge in [0.05, 0.1) is 17.6 Å². The van der Waals surface area contributed by atoms with Crippen LogP contribution >= 0.6 is 0 Å². The van der Waals surface area contributed by atoms with Gasteiger partial charge in [0.2, 0.25) is 0 Å².